The van der Waals surface area contributed by atoms with Gasteiger partial charge in [0.2, 0.25) is 0 Å². The normalized spacial score (nSPS) is 15.7. The molecular weight excluding hydrogens is 540 g/mol. The second-order valence-electron chi connectivity index (χ2n) is 5.40. The van der Waals surface area contributed by atoms with E-state index >= 15 is 0 Å². The first-order valence-electron chi connectivity index (χ1n) is 7.70. The third-order valence-corrected chi connectivity index (χ3v) is 6.26. The molecule has 140 valence electrons. The number of thiocarbonyl (C=S) groups is 1. The van der Waals surface area contributed by atoms with Gasteiger partial charge in [-0.3, -0.25) is 9.69 Å². The Labute approximate surface area is 189 Å². The van der Waals surface area contributed by atoms with Crippen molar-refractivity contribution in [1.29, 1.82) is 0 Å². The highest BCUT2D eigenvalue weighted by atomic mass is 127. The van der Waals surface area contributed by atoms with Crippen LogP contribution in [0.2, 0.25) is 10.0 Å². The molecule has 0 bridgehead atoms. The third-order valence-electron chi connectivity index (χ3n) is 3.59. The van der Waals surface area contributed by atoms with Crippen LogP contribution < -0.4 is 9.64 Å². The maximum absolute atomic E-state index is 12.9. The molecule has 0 unspecified atom stereocenters. The molecule has 0 radical (unpaired) electrons. The third kappa shape index (κ3) is 4.37. The molecular formula is C18H12Cl2INO3S2. The van der Waals surface area contributed by atoms with Crippen LogP contribution in [0.15, 0.2) is 35.2 Å². The minimum absolute atomic E-state index is 0.0788. The van der Waals surface area contributed by atoms with Crippen molar-refractivity contribution in [3.8, 4) is 11.5 Å². The molecule has 0 saturated carbocycles. The molecule has 1 N–H and O–H groups in total. The number of nitrogens with zero attached hydrogens (tertiary/aromatic N) is 1. The first-order chi connectivity index (χ1) is 12.8. The quantitative estimate of drug-likeness (QED) is 0.282. The van der Waals surface area contributed by atoms with Crippen molar-refractivity contribution in [3.05, 3.63) is 54.4 Å². The van der Waals surface area contributed by atoms with Gasteiger partial charge in [0.15, 0.2) is 15.8 Å². The molecule has 1 saturated heterocycles. The van der Waals surface area contributed by atoms with E-state index < -0.39 is 0 Å². The van der Waals surface area contributed by atoms with E-state index in [0.717, 1.165) is 5.56 Å². The van der Waals surface area contributed by atoms with E-state index in [0.29, 0.717) is 40.9 Å². The van der Waals surface area contributed by atoms with Gasteiger partial charge in [0.05, 0.1) is 25.8 Å². The Balaban J connectivity index is 1.97. The molecule has 3 rings (SSSR count). The molecule has 0 aliphatic carbocycles. The van der Waals surface area contributed by atoms with Gasteiger partial charge in [0, 0.05) is 5.02 Å². The van der Waals surface area contributed by atoms with Crippen LogP contribution in [0.3, 0.4) is 0 Å². The average molecular weight is 552 g/mol. The zero-order chi connectivity index (χ0) is 19.7. The molecule has 1 heterocycles. The number of anilines is 1. The Morgan fingerprint density at radius 2 is 2.07 bits per heavy atom. The Morgan fingerprint density at radius 1 is 1.33 bits per heavy atom. The Kier molecular flexibility index (Phi) is 6.58. The van der Waals surface area contributed by atoms with Gasteiger partial charge in [-0.15, -0.1) is 0 Å². The van der Waals surface area contributed by atoms with Gasteiger partial charge in [-0.05, 0) is 71.5 Å². The van der Waals surface area contributed by atoms with Crippen LogP contribution in [-0.4, -0.2) is 21.9 Å². The summed E-state index contributed by atoms with van der Waals surface area (Å²) in [5.74, 6) is 0.178. The standard InChI is InChI=1S/C18H12Cl2INO3S2/c1-2-25-14-6-9(5-12(21)16(14)23)7-15-17(24)22(18(26)27-15)13-4-3-10(19)8-11(13)20/h3-8,23H,2H2,1H3/b15-7-. The average Bonchev–Trinajstić information content (AvgIpc) is 2.87. The molecule has 0 aromatic heterocycles. The number of ether oxygens (including phenoxy) is 1. The van der Waals surface area contributed by atoms with Gasteiger partial charge < -0.3 is 9.84 Å². The maximum Gasteiger partial charge on any atom is 0.270 e. The van der Waals surface area contributed by atoms with E-state index in [1.54, 1.807) is 36.4 Å². The minimum atomic E-state index is -0.268. The molecule has 9 heteroatoms. The number of carbonyl (C=O) groups is 1. The predicted octanol–water partition coefficient (Wildman–Crippen LogP) is 6.11. The number of rotatable bonds is 4. The number of aromatic hydroxyl groups is 1. The van der Waals surface area contributed by atoms with Crippen LogP contribution in [0.4, 0.5) is 5.69 Å². The first-order valence-corrected chi connectivity index (χ1v) is 10.8. The second-order valence-corrected chi connectivity index (χ2v) is 9.08. The number of phenols is 1. The summed E-state index contributed by atoms with van der Waals surface area (Å²) in [5.41, 5.74) is 1.21. The maximum atomic E-state index is 12.9. The van der Waals surface area contributed by atoms with Crippen LogP contribution in [0, 0.1) is 3.57 Å². The van der Waals surface area contributed by atoms with Crippen LogP contribution >= 0.6 is 69.8 Å². The van der Waals surface area contributed by atoms with Crippen molar-refractivity contribution >= 4 is 91.8 Å². The Bertz CT molecular complexity index is 981. The lowest BCUT2D eigenvalue weighted by molar-refractivity contribution is -0.113. The van der Waals surface area contributed by atoms with Crippen LogP contribution in [0.25, 0.3) is 6.08 Å². The molecule has 1 aliphatic heterocycles. The zero-order valence-corrected chi connectivity index (χ0v) is 19.1. The summed E-state index contributed by atoms with van der Waals surface area (Å²) in [5, 5.41) is 10.9. The highest BCUT2D eigenvalue weighted by Crippen LogP contribution is 2.40. The number of thioether (sulfide) groups is 1. The summed E-state index contributed by atoms with van der Waals surface area (Å²) >= 11 is 20.7. The summed E-state index contributed by atoms with van der Waals surface area (Å²) in [6.07, 6.45) is 1.72. The molecule has 1 amide bonds. The van der Waals surface area contributed by atoms with Crippen LogP contribution in [0.1, 0.15) is 12.5 Å². The number of benzene rings is 2. The lowest BCUT2D eigenvalue weighted by atomic mass is 10.2. The molecule has 4 nitrogen and oxygen atoms in total. The van der Waals surface area contributed by atoms with E-state index in [-0.39, 0.29) is 11.7 Å². The van der Waals surface area contributed by atoms with Crippen molar-refractivity contribution in [2.45, 2.75) is 6.92 Å². The van der Waals surface area contributed by atoms with Crippen molar-refractivity contribution < 1.29 is 14.6 Å². The fourth-order valence-corrected chi connectivity index (χ4v) is 4.84. The van der Waals surface area contributed by atoms with E-state index in [9.17, 15) is 9.90 Å². The zero-order valence-electron chi connectivity index (χ0n) is 13.8. The van der Waals surface area contributed by atoms with E-state index in [1.807, 2.05) is 29.5 Å². The number of amides is 1. The van der Waals surface area contributed by atoms with Gasteiger partial charge >= 0.3 is 0 Å². The number of phenolic OH excluding ortho intramolecular Hbond substituents is 1. The lowest BCUT2D eigenvalue weighted by Gasteiger charge is -2.16. The number of carbonyl (C=O) groups excluding carboxylic acids is 1. The summed E-state index contributed by atoms with van der Waals surface area (Å²) in [7, 11) is 0. The number of halogens is 3. The Morgan fingerprint density at radius 3 is 2.74 bits per heavy atom. The number of hydrogen-bond acceptors (Lipinski definition) is 5. The van der Waals surface area contributed by atoms with Crippen molar-refractivity contribution in [1.82, 2.24) is 0 Å². The van der Waals surface area contributed by atoms with Crippen molar-refractivity contribution in [3.63, 3.8) is 0 Å². The van der Waals surface area contributed by atoms with Crippen molar-refractivity contribution in [2.75, 3.05) is 11.5 Å². The molecule has 27 heavy (non-hydrogen) atoms. The summed E-state index contributed by atoms with van der Waals surface area (Å²) in [6, 6.07) is 8.33. The summed E-state index contributed by atoms with van der Waals surface area (Å²) in [6.45, 7) is 2.25. The molecule has 0 atom stereocenters. The molecule has 1 fully saturated rings. The smallest absolute Gasteiger partial charge is 0.270 e. The van der Waals surface area contributed by atoms with Gasteiger partial charge in [0.25, 0.3) is 5.91 Å². The highest BCUT2D eigenvalue weighted by molar-refractivity contribution is 14.1. The topological polar surface area (TPSA) is 49.8 Å². The largest absolute Gasteiger partial charge is 0.504 e. The van der Waals surface area contributed by atoms with E-state index in [4.69, 9.17) is 40.2 Å². The molecule has 2 aromatic carbocycles. The number of hydrogen-bond donors (Lipinski definition) is 1. The predicted molar refractivity (Wildman–Crippen MR) is 124 cm³/mol. The van der Waals surface area contributed by atoms with E-state index in [1.165, 1.54) is 16.7 Å². The SMILES string of the molecule is CCOc1cc(/C=C2\SC(=S)N(c3ccc(Cl)cc3Cl)C2=O)cc(I)c1O. The van der Waals surface area contributed by atoms with Crippen molar-refractivity contribution in [2.24, 2.45) is 0 Å². The molecule has 2 aromatic rings. The fraction of sp³-hybridized carbons (Fsp3) is 0.111. The van der Waals surface area contributed by atoms with Gasteiger partial charge in [-0.2, -0.15) is 0 Å². The van der Waals surface area contributed by atoms with Gasteiger partial charge in [-0.25, -0.2) is 0 Å². The van der Waals surface area contributed by atoms with Gasteiger partial charge in [0.1, 0.15) is 0 Å². The molecule has 0 spiro atoms. The highest BCUT2D eigenvalue weighted by Gasteiger charge is 2.34. The fourth-order valence-electron chi connectivity index (χ4n) is 2.43. The van der Waals surface area contributed by atoms with Crippen LogP contribution in [0.5, 0.6) is 11.5 Å². The lowest BCUT2D eigenvalue weighted by Crippen LogP contribution is -2.27. The first kappa shape index (κ1) is 20.7. The van der Waals surface area contributed by atoms with Gasteiger partial charge in [-0.1, -0.05) is 47.2 Å². The summed E-state index contributed by atoms with van der Waals surface area (Å²) < 4.78 is 6.46. The molecule has 1 aliphatic rings. The summed E-state index contributed by atoms with van der Waals surface area (Å²) in [4.78, 5) is 14.7. The van der Waals surface area contributed by atoms with E-state index in [2.05, 4.69) is 0 Å². The Hall–Kier alpha value is -1.00. The minimum Gasteiger partial charge on any atom is -0.504 e. The second kappa shape index (κ2) is 8.57. The van der Waals surface area contributed by atoms with Crippen LogP contribution in [-0.2, 0) is 4.79 Å². The monoisotopic (exact) mass is 551 g/mol.